The van der Waals surface area contributed by atoms with Crippen molar-refractivity contribution in [1.82, 2.24) is 4.90 Å². The lowest BCUT2D eigenvalue weighted by atomic mass is 9.96. The smallest absolute Gasteiger partial charge is 0.124 e. The monoisotopic (exact) mass is 291 g/mol. The Labute approximate surface area is 126 Å². The zero-order chi connectivity index (χ0) is 15.2. The standard InChI is InChI=1S/C17H26FN3/c1-2-4-13-5-3-7-21(8-6-13)12-14-9-15(17(19)20)11-16(18)10-14/h9-11,13H,2-8,12H2,1H3,(H3,19,20). The summed E-state index contributed by atoms with van der Waals surface area (Å²) in [6.45, 7) is 5.15. The van der Waals surface area contributed by atoms with Crippen LogP contribution in [-0.2, 0) is 6.54 Å². The molecule has 0 amide bonds. The van der Waals surface area contributed by atoms with E-state index >= 15 is 0 Å². The first kappa shape index (κ1) is 16.0. The molecule has 1 aromatic carbocycles. The molecule has 0 bridgehead atoms. The van der Waals surface area contributed by atoms with E-state index in [1.54, 1.807) is 6.07 Å². The molecular weight excluding hydrogens is 265 g/mol. The summed E-state index contributed by atoms with van der Waals surface area (Å²) in [7, 11) is 0. The summed E-state index contributed by atoms with van der Waals surface area (Å²) in [6.07, 6.45) is 6.35. The number of nitrogens with one attached hydrogen (secondary N) is 1. The van der Waals surface area contributed by atoms with E-state index in [4.69, 9.17) is 11.1 Å². The number of hydrogen-bond donors (Lipinski definition) is 2. The molecule has 3 N–H and O–H groups in total. The summed E-state index contributed by atoms with van der Waals surface area (Å²) < 4.78 is 13.6. The summed E-state index contributed by atoms with van der Waals surface area (Å²) in [5, 5.41) is 7.45. The Morgan fingerprint density at radius 2 is 2.14 bits per heavy atom. The van der Waals surface area contributed by atoms with Crippen molar-refractivity contribution in [3.63, 3.8) is 0 Å². The number of amidine groups is 1. The average molecular weight is 291 g/mol. The van der Waals surface area contributed by atoms with Gasteiger partial charge in [-0.1, -0.05) is 19.8 Å². The van der Waals surface area contributed by atoms with Crippen LogP contribution >= 0.6 is 0 Å². The van der Waals surface area contributed by atoms with Crippen LogP contribution in [0.4, 0.5) is 4.39 Å². The maximum Gasteiger partial charge on any atom is 0.124 e. The number of hydrogen-bond acceptors (Lipinski definition) is 2. The van der Waals surface area contributed by atoms with Crippen LogP contribution in [0.1, 0.15) is 50.2 Å². The van der Waals surface area contributed by atoms with Crippen LogP contribution in [0, 0.1) is 17.1 Å². The Bertz CT molecular complexity index is 487. The Kier molecular flexibility index (Phi) is 5.74. The van der Waals surface area contributed by atoms with Crippen LogP contribution in [-0.4, -0.2) is 23.8 Å². The minimum atomic E-state index is -0.309. The second kappa shape index (κ2) is 7.55. The van der Waals surface area contributed by atoms with Crippen molar-refractivity contribution in [2.24, 2.45) is 11.7 Å². The van der Waals surface area contributed by atoms with Gasteiger partial charge in [0, 0.05) is 12.1 Å². The number of nitrogens with zero attached hydrogens (tertiary/aromatic N) is 1. The summed E-state index contributed by atoms with van der Waals surface area (Å²) in [5.41, 5.74) is 6.85. The van der Waals surface area contributed by atoms with Crippen molar-refractivity contribution in [3.8, 4) is 0 Å². The molecule has 4 heteroatoms. The molecule has 0 saturated carbocycles. The Hall–Kier alpha value is -1.42. The van der Waals surface area contributed by atoms with E-state index in [0.29, 0.717) is 5.56 Å². The molecule has 1 aromatic rings. The highest BCUT2D eigenvalue weighted by atomic mass is 19.1. The van der Waals surface area contributed by atoms with Gasteiger partial charge in [0.15, 0.2) is 0 Å². The normalized spacial score (nSPS) is 20.2. The molecule has 1 unspecified atom stereocenters. The Morgan fingerprint density at radius 1 is 1.33 bits per heavy atom. The van der Waals surface area contributed by atoms with Crippen LogP contribution in [0.2, 0.25) is 0 Å². The van der Waals surface area contributed by atoms with Gasteiger partial charge in [0.05, 0.1) is 0 Å². The summed E-state index contributed by atoms with van der Waals surface area (Å²) in [4.78, 5) is 2.40. The lowest BCUT2D eigenvalue weighted by Gasteiger charge is -2.20. The summed E-state index contributed by atoms with van der Waals surface area (Å²) >= 11 is 0. The minimum absolute atomic E-state index is 0.0744. The van der Waals surface area contributed by atoms with E-state index in [-0.39, 0.29) is 11.7 Å². The van der Waals surface area contributed by atoms with E-state index in [1.807, 2.05) is 6.07 Å². The lowest BCUT2D eigenvalue weighted by Crippen LogP contribution is -2.24. The third-order valence-corrected chi connectivity index (χ3v) is 4.31. The topological polar surface area (TPSA) is 53.1 Å². The van der Waals surface area contributed by atoms with Gasteiger partial charge < -0.3 is 5.73 Å². The SMILES string of the molecule is CCCC1CCCN(Cc2cc(F)cc(C(=N)N)c2)CC1. The number of benzene rings is 1. The van der Waals surface area contributed by atoms with E-state index in [2.05, 4.69) is 11.8 Å². The van der Waals surface area contributed by atoms with E-state index < -0.39 is 0 Å². The molecule has 0 aromatic heterocycles. The fraction of sp³-hybridized carbons (Fsp3) is 0.588. The predicted molar refractivity (Wildman–Crippen MR) is 84.9 cm³/mol. The van der Waals surface area contributed by atoms with Crippen LogP contribution in [0.15, 0.2) is 18.2 Å². The number of nitrogen functional groups attached to an aromatic ring is 1. The third-order valence-electron chi connectivity index (χ3n) is 4.31. The van der Waals surface area contributed by atoms with Gasteiger partial charge in [-0.2, -0.15) is 0 Å². The van der Waals surface area contributed by atoms with E-state index in [9.17, 15) is 4.39 Å². The van der Waals surface area contributed by atoms with Gasteiger partial charge in [-0.3, -0.25) is 10.3 Å². The molecule has 1 fully saturated rings. The molecule has 2 rings (SSSR count). The molecule has 21 heavy (non-hydrogen) atoms. The molecule has 116 valence electrons. The Morgan fingerprint density at radius 3 is 2.86 bits per heavy atom. The fourth-order valence-electron chi connectivity index (χ4n) is 3.24. The summed E-state index contributed by atoms with van der Waals surface area (Å²) in [5.74, 6) is 0.464. The second-order valence-corrected chi connectivity index (χ2v) is 6.12. The van der Waals surface area contributed by atoms with Gasteiger partial charge in [0.25, 0.3) is 0 Å². The molecule has 1 aliphatic rings. The fourth-order valence-corrected chi connectivity index (χ4v) is 3.24. The average Bonchev–Trinajstić information content (AvgIpc) is 2.64. The van der Waals surface area contributed by atoms with Crippen molar-refractivity contribution < 1.29 is 4.39 Å². The molecular formula is C17H26FN3. The summed E-state index contributed by atoms with van der Waals surface area (Å²) in [6, 6.07) is 4.71. The van der Waals surface area contributed by atoms with Crippen molar-refractivity contribution in [2.45, 2.75) is 45.6 Å². The van der Waals surface area contributed by atoms with E-state index in [0.717, 1.165) is 31.1 Å². The number of nitrogens with two attached hydrogens (primary N) is 1. The first-order valence-electron chi connectivity index (χ1n) is 7.94. The van der Waals surface area contributed by atoms with Crippen LogP contribution in [0.3, 0.4) is 0 Å². The third kappa shape index (κ3) is 4.81. The first-order chi connectivity index (χ1) is 10.1. The number of likely N-dealkylation sites (tertiary alicyclic amines) is 1. The van der Waals surface area contributed by atoms with Crippen LogP contribution < -0.4 is 5.73 Å². The predicted octanol–water partition coefficient (Wildman–Crippen LogP) is 3.51. The number of rotatable bonds is 5. The highest BCUT2D eigenvalue weighted by Gasteiger charge is 2.17. The molecule has 1 atom stereocenters. The molecule has 0 aliphatic carbocycles. The molecule has 1 heterocycles. The first-order valence-corrected chi connectivity index (χ1v) is 7.94. The quantitative estimate of drug-likeness (QED) is 0.644. The molecule has 0 radical (unpaired) electrons. The lowest BCUT2D eigenvalue weighted by molar-refractivity contribution is 0.271. The maximum atomic E-state index is 13.6. The van der Waals surface area contributed by atoms with E-state index in [1.165, 1.54) is 38.2 Å². The highest BCUT2D eigenvalue weighted by molar-refractivity contribution is 5.95. The highest BCUT2D eigenvalue weighted by Crippen LogP contribution is 2.23. The maximum absolute atomic E-state index is 13.6. The van der Waals surface area contributed by atoms with Crippen molar-refractivity contribution in [2.75, 3.05) is 13.1 Å². The van der Waals surface area contributed by atoms with Crippen molar-refractivity contribution >= 4 is 5.84 Å². The second-order valence-electron chi connectivity index (χ2n) is 6.12. The molecule has 0 spiro atoms. The molecule has 1 aliphatic heterocycles. The Balaban J connectivity index is 1.99. The van der Waals surface area contributed by atoms with Gasteiger partial charge in [0.2, 0.25) is 0 Å². The van der Waals surface area contributed by atoms with Gasteiger partial charge in [-0.05, 0) is 62.0 Å². The largest absolute Gasteiger partial charge is 0.384 e. The van der Waals surface area contributed by atoms with Gasteiger partial charge in [0.1, 0.15) is 11.7 Å². The number of halogens is 1. The minimum Gasteiger partial charge on any atom is -0.384 e. The van der Waals surface area contributed by atoms with Gasteiger partial charge in [-0.25, -0.2) is 4.39 Å². The van der Waals surface area contributed by atoms with Gasteiger partial charge in [-0.15, -0.1) is 0 Å². The van der Waals surface area contributed by atoms with Crippen LogP contribution in [0.25, 0.3) is 0 Å². The van der Waals surface area contributed by atoms with Crippen molar-refractivity contribution in [1.29, 1.82) is 5.41 Å². The van der Waals surface area contributed by atoms with Crippen LogP contribution in [0.5, 0.6) is 0 Å². The van der Waals surface area contributed by atoms with Crippen molar-refractivity contribution in [3.05, 3.63) is 35.1 Å². The zero-order valence-corrected chi connectivity index (χ0v) is 12.9. The zero-order valence-electron chi connectivity index (χ0n) is 12.9. The molecule has 3 nitrogen and oxygen atoms in total. The molecule has 1 saturated heterocycles. The van der Waals surface area contributed by atoms with Gasteiger partial charge >= 0.3 is 0 Å².